The molecule has 1 heterocycles. The van der Waals surface area contributed by atoms with Crippen LogP contribution in [0.15, 0.2) is 24.3 Å². The third-order valence-corrected chi connectivity index (χ3v) is 3.37. The van der Waals surface area contributed by atoms with Crippen LogP contribution >= 0.6 is 0 Å². The van der Waals surface area contributed by atoms with Crippen molar-refractivity contribution in [3.63, 3.8) is 0 Å². The highest BCUT2D eigenvalue weighted by atomic mass is 16.3. The van der Waals surface area contributed by atoms with E-state index in [1.807, 2.05) is 31.2 Å². The second kappa shape index (κ2) is 3.35. The second-order valence-corrected chi connectivity index (χ2v) is 3.98. The monoisotopic (exact) mass is 205 g/mol. The van der Waals surface area contributed by atoms with Gasteiger partial charge in [0.25, 0.3) is 0 Å². The summed E-state index contributed by atoms with van der Waals surface area (Å²) < 4.78 is 0. The topological polar surface area (TPSA) is 40.5 Å². The van der Waals surface area contributed by atoms with Crippen LogP contribution < -0.4 is 4.90 Å². The zero-order valence-corrected chi connectivity index (χ0v) is 9.03. The predicted octanol–water partition coefficient (Wildman–Crippen LogP) is 1.30. The Kier molecular flexibility index (Phi) is 2.27. The molecule has 1 aromatic carbocycles. The molecule has 0 bridgehead atoms. The van der Waals surface area contributed by atoms with Gasteiger partial charge < -0.3 is 10.0 Å². The normalized spacial score (nSPS) is 24.5. The lowest BCUT2D eigenvalue weighted by atomic mass is 9.80. The highest BCUT2D eigenvalue weighted by Gasteiger charge is 2.47. The molecule has 3 heteroatoms. The molecule has 3 nitrogen and oxygen atoms in total. The van der Waals surface area contributed by atoms with Gasteiger partial charge in [0.15, 0.2) is 0 Å². The number of carbonyl (C=O) groups excluding carboxylic acids is 1. The molecular weight excluding hydrogens is 190 g/mol. The van der Waals surface area contributed by atoms with E-state index < -0.39 is 5.41 Å². The Morgan fingerprint density at radius 2 is 2.07 bits per heavy atom. The summed E-state index contributed by atoms with van der Waals surface area (Å²) in [6.45, 7) is 1.81. The molecule has 1 aliphatic heterocycles. The van der Waals surface area contributed by atoms with E-state index in [1.54, 1.807) is 11.9 Å². The first kappa shape index (κ1) is 10.2. The largest absolute Gasteiger partial charge is 0.395 e. The number of aliphatic hydroxyl groups excluding tert-OH is 1. The highest BCUT2D eigenvalue weighted by molar-refractivity contribution is 6.07. The quantitative estimate of drug-likeness (QED) is 0.790. The maximum absolute atomic E-state index is 12.1. The number of fused-ring (bicyclic) bond motifs is 1. The Labute approximate surface area is 89.3 Å². The molecule has 80 valence electrons. The number of carbonyl (C=O) groups is 1. The molecule has 1 amide bonds. The van der Waals surface area contributed by atoms with E-state index in [-0.39, 0.29) is 12.5 Å². The van der Waals surface area contributed by atoms with Crippen molar-refractivity contribution < 1.29 is 9.90 Å². The third kappa shape index (κ3) is 1.13. The molecule has 0 aliphatic carbocycles. The molecule has 1 aromatic rings. The molecule has 1 unspecified atom stereocenters. The summed E-state index contributed by atoms with van der Waals surface area (Å²) in [6.07, 6.45) is 0.629. The number of amides is 1. The molecule has 2 rings (SSSR count). The summed E-state index contributed by atoms with van der Waals surface area (Å²) in [5.74, 6) is -0.00583. The van der Waals surface area contributed by atoms with Crippen molar-refractivity contribution in [2.45, 2.75) is 18.8 Å². The fraction of sp³-hybridized carbons (Fsp3) is 0.417. The number of hydrogen-bond acceptors (Lipinski definition) is 2. The Balaban J connectivity index is 2.65. The Morgan fingerprint density at radius 3 is 2.67 bits per heavy atom. The average molecular weight is 205 g/mol. The summed E-state index contributed by atoms with van der Waals surface area (Å²) in [5.41, 5.74) is 1.15. The number of nitrogens with zero attached hydrogens (tertiary/aromatic N) is 1. The molecular formula is C12H15NO2. The highest BCUT2D eigenvalue weighted by Crippen LogP contribution is 2.42. The van der Waals surface area contributed by atoms with E-state index in [4.69, 9.17) is 0 Å². The summed E-state index contributed by atoms with van der Waals surface area (Å²) in [7, 11) is 1.76. The first-order chi connectivity index (χ1) is 7.17. The van der Waals surface area contributed by atoms with Crippen LogP contribution in [-0.4, -0.2) is 24.7 Å². The summed E-state index contributed by atoms with van der Waals surface area (Å²) in [6, 6.07) is 7.66. The molecule has 0 spiro atoms. The molecule has 0 radical (unpaired) electrons. The van der Waals surface area contributed by atoms with E-state index in [0.717, 1.165) is 11.3 Å². The van der Waals surface area contributed by atoms with Gasteiger partial charge in [-0.2, -0.15) is 0 Å². The van der Waals surface area contributed by atoms with Crippen LogP contribution in [0.4, 0.5) is 5.69 Å². The van der Waals surface area contributed by atoms with Crippen molar-refractivity contribution >= 4 is 11.6 Å². The van der Waals surface area contributed by atoms with Gasteiger partial charge in [-0.05, 0) is 18.1 Å². The maximum atomic E-state index is 12.1. The van der Waals surface area contributed by atoms with Crippen molar-refractivity contribution in [1.29, 1.82) is 0 Å². The van der Waals surface area contributed by atoms with Crippen LogP contribution in [0.3, 0.4) is 0 Å². The van der Waals surface area contributed by atoms with Gasteiger partial charge in [0.1, 0.15) is 0 Å². The van der Waals surface area contributed by atoms with Crippen molar-refractivity contribution in [3.05, 3.63) is 29.8 Å². The number of hydrogen-bond donors (Lipinski definition) is 1. The van der Waals surface area contributed by atoms with Crippen molar-refractivity contribution in [3.8, 4) is 0 Å². The van der Waals surface area contributed by atoms with Crippen LogP contribution in [-0.2, 0) is 10.2 Å². The molecule has 1 aliphatic rings. The van der Waals surface area contributed by atoms with Gasteiger partial charge in [0.2, 0.25) is 5.91 Å². The Bertz CT molecular complexity index is 396. The first-order valence-electron chi connectivity index (χ1n) is 5.16. The van der Waals surface area contributed by atoms with Gasteiger partial charge in [0.05, 0.1) is 12.0 Å². The minimum absolute atomic E-state index is 0.00583. The molecule has 15 heavy (non-hydrogen) atoms. The van der Waals surface area contributed by atoms with E-state index in [0.29, 0.717) is 6.42 Å². The summed E-state index contributed by atoms with van der Waals surface area (Å²) >= 11 is 0. The van der Waals surface area contributed by atoms with E-state index >= 15 is 0 Å². The third-order valence-electron chi connectivity index (χ3n) is 3.37. The molecule has 0 aromatic heterocycles. The van der Waals surface area contributed by atoms with Gasteiger partial charge in [-0.15, -0.1) is 0 Å². The van der Waals surface area contributed by atoms with Gasteiger partial charge in [0, 0.05) is 12.7 Å². The molecule has 0 saturated carbocycles. The van der Waals surface area contributed by atoms with Gasteiger partial charge in [-0.25, -0.2) is 0 Å². The number of para-hydroxylation sites is 1. The lowest BCUT2D eigenvalue weighted by Gasteiger charge is -2.23. The molecule has 0 saturated heterocycles. The van der Waals surface area contributed by atoms with E-state index in [1.165, 1.54) is 0 Å². The zero-order chi connectivity index (χ0) is 11.1. The maximum Gasteiger partial charge on any atom is 0.239 e. The average Bonchev–Trinajstić information content (AvgIpc) is 2.51. The molecule has 0 fully saturated rings. The van der Waals surface area contributed by atoms with E-state index in [2.05, 4.69) is 0 Å². The van der Waals surface area contributed by atoms with Crippen molar-refractivity contribution in [1.82, 2.24) is 0 Å². The van der Waals surface area contributed by atoms with Crippen LogP contribution in [0, 0.1) is 0 Å². The fourth-order valence-electron chi connectivity index (χ4n) is 2.32. The van der Waals surface area contributed by atoms with E-state index in [9.17, 15) is 9.90 Å². The van der Waals surface area contributed by atoms with Crippen LogP contribution in [0.2, 0.25) is 0 Å². The second-order valence-electron chi connectivity index (χ2n) is 3.98. The lowest BCUT2D eigenvalue weighted by molar-refractivity contribution is -0.124. The van der Waals surface area contributed by atoms with Crippen molar-refractivity contribution in [2.24, 2.45) is 0 Å². The van der Waals surface area contributed by atoms with Crippen molar-refractivity contribution in [2.75, 3.05) is 18.6 Å². The Hall–Kier alpha value is -1.35. The van der Waals surface area contributed by atoms with Gasteiger partial charge >= 0.3 is 0 Å². The minimum atomic E-state index is -0.717. The molecule has 1 atom stereocenters. The minimum Gasteiger partial charge on any atom is -0.395 e. The SMILES string of the molecule is CCC1(CO)C(=O)N(C)c2ccccc21. The number of anilines is 1. The van der Waals surface area contributed by atoms with Gasteiger partial charge in [-0.1, -0.05) is 25.1 Å². The van der Waals surface area contributed by atoms with Crippen LogP contribution in [0.1, 0.15) is 18.9 Å². The fourth-order valence-corrected chi connectivity index (χ4v) is 2.32. The molecule has 1 N–H and O–H groups in total. The zero-order valence-electron chi connectivity index (χ0n) is 9.03. The lowest BCUT2D eigenvalue weighted by Crippen LogP contribution is -2.41. The number of benzene rings is 1. The Morgan fingerprint density at radius 1 is 1.40 bits per heavy atom. The smallest absolute Gasteiger partial charge is 0.239 e. The predicted molar refractivity (Wildman–Crippen MR) is 58.9 cm³/mol. The van der Waals surface area contributed by atoms with Gasteiger partial charge in [-0.3, -0.25) is 4.79 Å². The van der Waals surface area contributed by atoms with Crippen LogP contribution in [0.5, 0.6) is 0 Å². The summed E-state index contributed by atoms with van der Waals surface area (Å²) in [4.78, 5) is 13.7. The number of likely N-dealkylation sites (N-methyl/N-ethyl adjacent to an activating group) is 1. The number of rotatable bonds is 2. The number of aliphatic hydroxyl groups is 1. The first-order valence-corrected chi connectivity index (χ1v) is 5.16. The standard InChI is InChI=1S/C12H15NO2/c1-3-12(8-14)9-6-4-5-7-10(9)13(2)11(12)15/h4-7,14H,3,8H2,1-2H3. The van der Waals surface area contributed by atoms with Crippen LogP contribution in [0.25, 0.3) is 0 Å². The summed E-state index contributed by atoms with van der Waals surface area (Å²) in [5, 5.41) is 9.50.